The van der Waals surface area contributed by atoms with Crippen LogP contribution in [0.1, 0.15) is 52.7 Å². The number of hydrogen-bond donors (Lipinski definition) is 0. The van der Waals surface area contributed by atoms with Crippen molar-refractivity contribution < 1.29 is 0 Å². The fourth-order valence-electron chi connectivity index (χ4n) is 10.0. The molecule has 0 spiro atoms. The molecular weight excluding hydrogens is 739 g/mol. The van der Waals surface area contributed by atoms with Crippen LogP contribution in [0.3, 0.4) is 0 Å². The second-order valence-corrected chi connectivity index (χ2v) is 18.7. The molecule has 0 amide bonds. The first kappa shape index (κ1) is 37.1. The van der Waals surface area contributed by atoms with Crippen molar-refractivity contribution in [3.63, 3.8) is 0 Å². The summed E-state index contributed by atoms with van der Waals surface area (Å²) in [4.78, 5) is 7.45. The zero-order valence-corrected chi connectivity index (χ0v) is 35.8. The molecule has 0 fully saturated rings. The van der Waals surface area contributed by atoms with Gasteiger partial charge < -0.3 is 14.2 Å². The third-order valence-corrected chi connectivity index (χ3v) is 12.8. The summed E-state index contributed by atoms with van der Waals surface area (Å²) < 4.78 is 2.37. The molecule has 0 aliphatic carbocycles. The van der Waals surface area contributed by atoms with Crippen LogP contribution in [0, 0.1) is 0 Å². The fraction of sp³-hybridized carbons (Fsp3) is 0.143. The summed E-state index contributed by atoms with van der Waals surface area (Å²) in [5, 5.41) is 2.52. The van der Waals surface area contributed by atoms with Gasteiger partial charge in [-0.1, -0.05) is 139 Å². The zero-order chi connectivity index (χ0) is 41.6. The Kier molecular flexibility index (Phi) is 8.38. The molecule has 4 heterocycles. The number of rotatable bonds is 5. The van der Waals surface area contributed by atoms with Crippen molar-refractivity contribution in [1.29, 1.82) is 0 Å². The number of para-hydroxylation sites is 2. The molecule has 5 heteroatoms. The topological polar surface area (TPSA) is 14.1 Å². The molecule has 9 aromatic rings. The van der Waals surface area contributed by atoms with E-state index in [0.717, 1.165) is 28.4 Å². The lowest BCUT2D eigenvalue weighted by Gasteiger charge is -2.43. The highest BCUT2D eigenvalue weighted by molar-refractivity contribution is 7.00. The Bertz CT molecular complexity index is 3120. The molecule has 0 radical (unpaired) electrons. The molecule has 0 N–H and O–H groups in total. The van der Waals surface area contributed by atoms with Gasteiger partial charge in [-0.25, -0.2) is 0 Å². The highest BCUT2D eigenvalue weighted by Crippen LogP contribution is 2.47. The van der Waals surface area contributed by atoms with Crippen molar-refractivity contribution in [1.82, 2.24) is 4.40 Å². The molecule has 7 aromatic carbocycles. The van der Waals surface area contributed by atoms with E-state index >= 15 is 0 Å². The van der Waals surface area contributed by atoms with Gasteiger partial charge in [0.15, 0.2) is 0 Å². The summed E-state index contributed by atoms with van der Waals surface area (Å²) in [6, 6.07) is 67.6. The molecule has 0 bridgehead atoms. The third kappa shape index (κ3) is 5.90. The minimum atomic E-state index is -0.00953. The highest BCUT2D eigenvalue weighted by Gasteiger charge is 2.45. The third-order valence-electron chi connectivity index (χ3n) is 12.8. The molecule has 11 rings (SSSR count). The summed E-state index contributed by atoms with van der Waals surface area (Å²) in [7, 11) is 0. The lowest BCUT2D eigenvalue weighted by molar-refractivity contribution is 0.590. The molecule has 0 saturated carbocycles. The summed E-state index contributed by atoms with van der Waals surface area (Å²) >= 11 is 0. The summed E-state index contributed by atoms with van der Waals surface area (Å²) in [5.74, 6) is 1.19. The molecule has 0 atom stereocenters. The standard InChI is InChI=1S/C56H49BN4/c1-55(2,3)38-27-29-41(30-28-38)59(49-34-32-46(56(4,5)6)44-23-13-14-24-45(44)49)43-31-33-47-52(37-43)60(39-18-9-7-10-19-39)50-25-17-26-51-53(50)57(47)48-36-42-22-15-16-35-58(42)54(48)61(51)40-20-11-8-12-21-40/h7-37H,1-6H3. The first-order chi connectivity index (χ1) is 29.6. The Morgan fingerprint density at radius 3 is 1.77 bits per heavy atom. The van der Waals surface area contributed by atoms with Gasteiger partial charge in [-0.05, 0) is 129 Å². The molecule has 0 unspecified atom stereocenters. The Morgan fingerprint density at radius 1 is 0.459 bits per heavy atom. The van der Waals surface area contributed by atoms with Gasteiger partial charge in [0.2, 0.25) is 0 Å². The van der Waals surface area contributed by atoms with E-state index in [2.05, 4.69) is 249 Å². The predicted molar refractivity (Wildman–Crippen MR) is 261 cm³/mol. The van der Waals surface area contributed by atoms with Gasteiger partial charge in [0.1, 0.15) is 5.82 Å². The van der Waals surface area contributed by atoms with Crippen molar-refractivity contribution in [2.45, 2.75) is 52.4 Å². The quantitative estimate of drug-likeness (QED) is 0.161. The van der Waals surface area contributed by atoms with Crippen LogP contribution in [0.5, 0.6) is 0 Å². The predicted octanol–water partition coefficient (Wildman–Crippen LogP) is 13.2. The maximum absolute atomic E-state index is 2.50. The molecule has 2 aromatic heterocycles. The molecule has 61 heavy (non-hydrogen) atoms. The fourth-order valence-corrected chi connectivity index (χ4v) is 10.0. The molecule has 0 saturated heterocycles. The minimum Gasteiger partial charge on any atom is -0.311 e. The average Bonchev–Trinajstić information content (AvgIpc) is 3.66. The number of aromatic nitrogens is 1. The summed E-state index contributed by atoms with van der Waals surface area (Å²) in [6.45, 7) is 13.8. The Hall–Kier alpha value is -6.98. The van der Waals surface area contributed by atoms with Gasteiger partial charge in [-0.15, -0.1) is 0 Å². The van der Waals surface area contributed by atoms with Crippen LogP contribution >= 0.6 is 0 Å². The van der Waals surface area contributed by atoms with Crippen molar-refractivity contribution in [3.8, 4) is 0 Å². The maximum Gasteiger partial charge on any atom is 0.254 e. The first-order valence-electron chi connectivity index (χ1n) is 21.6. The maximum atomic E-state index is 2.50. The second kappa shape index (κ2) is 13.8. The first-order valence-corrected chi connectivity index (χ1v) is 21.6. The minimum absolute atomic E-state index is 0.00953. The van der Waals surface area contributed by atoms with Crippen LogP contribution in [-0.4, -0.2) is 11.1 Å². The normalized spacial score (nSPS) is 13.3. The van der Waals surface area contributed by atoms with Crippen LogP contribution in [0.4, 0.5) is 51.3 Å². The largest absolute Gasteiger partial charge is 0.311 e. The highest BCUT2D eigenvalue weighted by atomic mass is 15.2. The number of hydrogen-bond acceptors (Lipinski definition) is 3. The average molecular weight is 789 g/mol. The van der Waals surface area contributed by atoms with E-state index in [4.69, 9.17) is 0 Å². The van der Waals surface area contributed by atoms with Gasteiger partial charge in [-0.2, -0.15) is 0 Å². The molecule has 296 valence electrons. The van der Waals surface area contributed by atoms with Crippen LogP contribution in [0.25, 0.3) is 16.3 Å². The van der Waals surface area contributed by atoms with Gasteiger partial charge >= 0.3 is 0 Å². The van der Waals surface area contributed by atoms with Crippen molar-refractivity contribution in [2.75, 3.05) is 14.7 Å². The van der Waals surface area contributed by atoms with Gasteiger partial charge in [-0.3, -0.25) is 4.90 Å². The summed E-state index contributed by atoms with van der Waals surface area (Å²) in [6.07, 6.45) is 2.21. The Labute approximate surface area is 360 Å². The van der Waals surface area contributed by atoms with Gasteiger partial charge in [0, 0.05) is 56.9 Å². The van der Waals surface area contributed by atoms with Crippen LogP contribution in [-0.2, 0) is 10.8 Å². The number of benzene rings is 7. The van der Waals surface area contributed by atoms with Crippen molar-refractivity contribution >= 4 is 90.7 Å². The van der Waals surface area contributed by atoms with E-state index in [0.29, 0.717) is 0 Å². The number of nitrogens with zero attached hydrogens (tertiary/aromatic N) is 4. The van der Waals surface area contributed by atoms with Crippen LogP contribution in [0.15, 0.2) is 188 Å². The van der Waals surface area contributed by atoms with Gasteiger partial charge in [0.05, 0.1) is 5.69 Å². The molecule has 4 nitrogen and oxygen atoms in total. The van der Waals surface area contributed by atoms with E-state index < -0.39 is 0 Å². The molecule has 2 aliphatic heterocycles. The van der Waals surface area contributed by atoms with Crippen LogP contribution in [0.2, 0.25) is 0 Å². The molecule has 2 aliphatic rings. The lowest BCUT2D eigenvalue weighted by Crippen LogP contribution is -2.61. The number of anilines is 9. The van der Waals surface area contributed by atoms with E-state index in [9.17, 15) is 0 Å². The summed E-state index contributed by atoms with van der Waals surface area (Å²) in [5.41, 5.74) is 17.0. The number of fused-ring (bicyclic) bond motifs is 7. The number of pyridine rings is 1. The molecular formula is C56H49BN4. The monoisotopic (exact) mass is 788 g/mol. The van der Waals surface area contributed by atoms with Crippen molar-refractivity contribution in [3.05, 3.63) is 199 Å². The SMILES string of the molecule is CC(C)(C)c1ccc(N(c2ccc3c(c2)N(c2ccccc2)c2cccc4c2B3c2cc3ccccn3c2N4c2ccccc2)c2ccc(C(C)(C)C)c3ccccc23)cc1. The van der Waals surface area contributed by atoms with E-state index in [1.165, 1.54) is 66.7 Å². The van der Waals surface area contributed by atoms with E-state index in [-0.39, 0.29) is 17.5 Å². The smallest absolute Gasteiger partial charge is 0.254 e. The van der Waals surface area contributed by atoms with E-state index in [1.54, 1.807) is 0 Å². The Morgan fingerprint density at radius 2 is 1.08 bits per heavy atom. The second-order valence-electron chi connectivity index (χ2n) is 18.7. The Balaban J connectivity index is 1.19. The van der Waals surface area contributed by atoms with Crippen LogP contribution < -0.4 is 31.1 Å². The zero-order valence-electron chi connectivity index (χ0n) is 35.8. The lowest BCUT2D eigenvalue weighted by atomic mass is 9.34. The van der Waals surface area contributed by atoms with Crippen molar-refractivity contribution in [2.24, 2.45) is 0 Å². The van der Waals surface area contributed by atoms with Gasteiger partial charge in [0.25, 0.3) is 6.71 Å². The van der Waals surface area contributed by atoms with E-state index in [1.807, 2.05) is 0 Å².